The van der Waals surface area contributed by atoms with Crippen molar-refractivity contribution in [2.75, 3.05) is 46.8 Å². The van der Waals surface area contributed by atoms with Gasteiger partial charge >= 0.3 is 0 Å². The molecule has 6 nitrogen and oxygen atoms in total. The van der Waals surface area contributed by atoms with Gasteiger partial charge in [0.15, 0.2) is 0 Å². The van der Waals surface area contributed by atoms with Gasteiger partial charge in [0.2, 0.25) is 0 Å². The highest BCUT2D eigenvalue weighted by atomic mass is 32.2. The summed E-state index contributed by atoms with van der Waals surface area (Å²) in [4.78, 5) is 2.15. The molecule has 0 aromatic rings. The standard InChI is InChI=1S/C11H24N4O2S/c1-14(2)11(4-3-5-11)10-13-18(16,17)15-8-6-12-7-9-15/h12-13H,3-10H2,1-2H3. The number of likely N-dealkylation sites (N-methyl/N-ethyl adjacent to an activating group) is 1. The molecule has 0 atom stereocenters. The second-order valence-electron chi connectivity index (χ2n) is 5.45. The van der Waals surface area contributed by atoms with Crippen molar-refractivity contribution in [3.05, 3.63) is 0 Å². The van der Waals surface area contributed by atoms with E-state index in [2.05, 4.69) is 14.9 Å². The number of nitrogens with one attached hydrogen (secondary N) is 2. The van der Waals surface area contributed by atoms with Crippen LogP contribution in [0.4, 0.5) is 0 Å². The molecule has 0 bridgehead atoms. The van der Waals surface area contributed by atoms with E-state index in [0.29, 0.717) is 19.6 Å². The van der Waals surface area contributed by atoms with Crippen molar-refractivity contribution in [3.63, 3.8) is 0 Å². The summed E-state index contributed by atoms with van der Waals surface area (Å²) in [6.45, 7) is 3.11. The molecule has 1 heterocycles. The second-order valence-corrected chi connectivity index (χ2v) is 7.20. The van der Waals surface area contributed by atoms with E-state index in [1.54, 1.807) is 0 Å². The third-order valence-corrected chi connectivity index (χ3v) is 5.79. The Labute approximate surface area is 110 Å². The number of rotatable bonds is 5. The maximum atomic E-state index is 12.2. The molecule has 0 amide bonds. The molecule has 7 heteroatoms. The molecule has 1 saturated heterocycles. The van der Waals surface area contributed by atoms with Crippen LogP contribution < -0.4 is 10.0 Å². The van der Waals surface area contributed by atoms with Gasteiger partial charge in [-0.15, -0.1) is 0 Å². The molecule has 0 aromatic carbocycles. The highest BCUT2D eigenvalue weighted by Crippen LogP contribution is 2.35. The number of hydrogen-bond acceptors (Lipinski definition) is 4. The van der Waals surface area contributed by atoms with Gasteiger partial charge in [-0.25, -0.2) is 4.72 Å². The summed E-state index contributed by atoms with van der Waals surface area (Å²) in [5, 5.41) is 3.16. The third-order valence-electron chi connectivity index (χ3n) is 4.23. The van der Waals surface area contributed by atoms with E-state index in [1.807, 2.05) is 14.1 Å². The van der Waals surface area contributed by atoms with Gasteiger partial charge in [-0.2, -0.15) is 12.7 Å². The SMILES string of the molecule is CN(C)C1(CNS(=O)(=O)N2CCNCC2)CCC1. The van der Waals surface area contributed by atoms with Crippen LogP contribution in [0.15, 0.2) is 0 Å². The quantitative estimate of drug-likeness (QED) is 0.691. The molecule has 0 unspecified atom stereocenters. The second kappa shape index (κ2) is 5.42. The van der Waals surface area contributed by atoms with Gasteiger partial charge in [0.25, 0.3) is 10.2 Å². The molecular formula is C11H24N4O2S. The molecule has 2 N–H and O–H groups in total. The van der Waals surface area contributed by atoms with E-state index in [9.17, 15) is 8.42 Å². The summed E-state index contributed by atoms with van der Waals surface area (Å²) in [6.07, 6.45) is 3.34. The van der Waals surface area contributed by atoms with Crippen molar-refractivity contribution in [3.8, 4) is 0 Å². The summed E-state index contributed by atoms with van der Waals surface area (Å²) >= 11 is 0. The lowest BCUT2D eigenvalue weighted by Gasteiger charge is -2.47. The Hall–Kier alpha value is -0.210. The van der Waals surface area contributed by atoms with Gasteiger partial charge < -0.3 is 10.2 Å². The zero-order valence-corrected chi connectivity index (χ0v) is 12.1. The largest absolute Gasteiger partial charge is 0.314 e. The number of nitrogens with zero attached hydrogens (tertiary/aromatic N) is 2. The minimum absolute atomic E-state index is 0.0289. The lowest BCUT2D eigenvalue weighted by atomic mass is 9.76. The molecule has 106 valence electrons. The van der Waals surface area contributed by atoms with Crippen molar-refractivity contribution in [1.82, 2.24) is 19.2 Å². The molecule has 2 aliphatic rings. The van der Waals surface area contributed by atoms with Crippen molar-refractivity contribution >= 4 is 10.2 Å². The van der Waals surface area contributed by atoms with Crippen LogP contribution in [0, 0.1) is 0 Å². The van der Waals surface area contributed by atoms with Gasteiger partial charge in [-0.3, -0.25) is 0 Å². The Morgan fingerprint density at radius 1 is 1.28 bits per heavy atom. The average molecular weight is 276 g/mol. The first-order valence-electron chi connectivity index (χ1n) is 6.59. The van der Waals surface area contributed by atoms with Crippen LogP contribution in [0.2, 0.25) is 0 Å². The fourth-order valence-corrected chi connectivity index (χ4v) is 3.87. The predicted octanol–water partition coefficient (Wildman–Crippen LogP) is -0.790. The Morgan fingerprint density at radius 2 is 1.89 bits per heavy atom. The first-order chi connectivity index (χ1) is 8.46. The van der Waals surface area contributed by atoms with E-state index >= 15 is 0 Å². The molecule has 0 radical (unpaired) electrons. The summed E-state index contributed by atoms with van der Waals surface area (Å²) in [7, 11) is 0.743. The summed E-state index contributed by atoms with van der Waals surface area (Å²) in [5.41, 5.74) is 0.0289. The number of piperazine rings is 1. The van der Waals surface area contributed by atoms with Crippen LogP contribution >= 0.6 is 0 Å². The zero-order valence-electron chi connectivity index (χ0n) is 11.3. The molecule has 0 aromatic heterocycles. The number of hydrogen-bond donors (Lipinski definition) is 2. The summed E-state index contributed by atoms with van der Waals surface area (Å²) < 4.78 is 28.6. The molecule has 0 spiro atoms. The lowest BCUT2D eigenvalue weighted by Crippen LogP contribution is -2.59. The van der Waals surface area contributed by atoms with Gasteiger partial charge in [-0.1, -0.05) is 0 Å². The Kier molecular flexibility index (Phi) is 4.28. The minimum Gasteiger partial charge on any atom is -0.314 e. The lowest BCUT2D eigenvalue weighted by molar-refractivity contribution is 0.0652. The fourth-order valence-electron chi connectivity index (χ4n) is 2.57. The van der Waals surface area contributed by atoms with E-state index in [1.165, 1.54) is 10.7 Å². The molecule has 2 rings (SSSR count). The van der Waals surface area contributed by atoms with Crippen LogP contribution in [0.3, 0.4) is 0 Å². The van der Waals surface area contributed by atoms with E-state index in [4.69, 9.17) is 0 Å². The molecule has 18 heavy (non-hydrogen) atoms. The molecule has 1 aliphatic carbocycles. The Bertz CT molecular complexity index is 373. The summed E-state index contributed by atoms with van der Waals surface area (Å²) in [6, 6.07) is 0. The van der Waals surface area contributed by atoms with Crippen LogP contribution in [-0.4, -0.2) is 70.0 Å². The maximum absolute atomic E-state index is 12.2. The van der Waals surface area contributed by atoms with E-state index in [-0.39, 0.29) is 5.54 Å². The third kappa shape index (κ3) is 2.85. The Balaban J connectivity index is 1.92. The maximum Gasteiger partial charge on any atom is 0.279 e. The average Bonchev–Trinajstić information content (AvgIpc) is 2.28. The van der Waals surface area contributed by atoms with Crippen molar-refractivity contribution in [1.29, 1.82) is 0 Å². The van der Waals surface area contributed by atoms with Gasteiger partial charge in [0, 0.05) is 38.3 Å². The van der Waals surface area contributed by atoms with Crippen molar-refractivity contribution < 1.29 is 8.42 Å². The highest BCUT2D eigenvalue weighted by Gasteiger charge is 2.40. The van der Waals surface area contributed by atoms with Crippen LogP contribution in [0.1, 0.15) is 19.3 Å². The van der Waals surface area contributed by atoms with E-state index in [0.717, 1.165) is 25.9 Å². The van der Waals surface area contributed by atoms with Crippen LogP contribution in [0.5, 0.6) is 0 Å². The zero-order chi connectivity index (χ0) is 13.2. The van der Waals surface area contributed by atoms with Crippen LogP contribution in [0.25, 0.3) is 0 Å². The van der Waals surface area contributed by atoms with Crippen LogP contribution in [-0.2, 0) is 10.2 Å². The van der Waals surface area contributed by atoms with Crippen molar-refractivity contribution in [2.45, 2.75) is 24.8 Å². The molecule has 1 saturated carbocycles. The Morgan fingerprint density at radius 3 is 2.33 bits per heavy atom. The minimum atomic E-state index is -3.31. The monoisotopic (exact) mass is 276 g/mol. The molecule has 2 fully saturated rings. The topological polar surface area (TPSA) is 64.7 Å². The first kappa shape index (κ1) is 14.2. The molecule has 1 aliphatic heterocycles. The smallest absolute Gasteiger partial charge is 0.279 e. The van der Waals surface area contributed by atoms with E-state index < -0.39 is 10.2 Å². The fraction of sp³-hybridized carbons (Fsp3) is 1.00. The summed E-state index contributed by atoms with van der Waals surface area (Å²) in [5.74, 6) is 0. The normalized spacial score (nSPS) is 25.1. The highest BCUT2D eigenvalue weighted by molar-refractivity contribution is 7.87. The predicted molar refractivity (Wildman–Crippen MR) is 71.6 cm³/mol. The van der Waals surface area contributed by atoms with Gasteiger partial charge in [0.05, 0.1) is 0 Å². The van der Waals surface area contributed by atoms with Crippen molar-refractivity contribution in [2.24, 2.45) is 0 Å². The first-order valence-corrected chi connectivity index (χ1v) is 8.03. The molecular weight excluding hydrogens is 252 g/mol. The van der Waals surface area contributed by atoms with Gasteiger partial charge in [0.1, 0.15) is 0 Å². The van der Waals surface area contributed by atoms with Gasteiger partial charge in [-0.05, 0) is 33.4 Å².